The van der Waals surface area contributed by atoms with E-state index >= 15 is 0 Å². The van der Waals surface area contributed by atoms with Gasteiger partial charge in [0, 0.05) is 18.8 Å². The van der Waals surface area contributed by atoms with Crippen LogP contribution in [-0.2, 0) is 13.0 Å². The number of hydrogen-bond donors (Lipinski definition) is 1. The van der Waals surface area contributed by atoms with Crippen molar-refractivity contribution in [2.24, 2.45) is 0 Å². The smallest absolute Gasteiger partial charge is 0.336 e. The third-order valence-electron chi connectivity index (χ3n) is 4.53. The minimum atomic E-state index is -0.929. The number of aromatic carboxylic acids is 1. The van der Waals surface area contributed by atoms with Gasteiger partial charge in [-0.05, 0) is 22.8 Å². The van der Waals surface area contributed by atoms with E-state index in [0.29, 0.717) is 30.5 Å². The number of benzene rings is 2. The van der Waals surface area contributed by atoms with Crippen LogP contribution in [0, 0.1) is 12.3 Å². The average Bonchev–Trinajstić information content (AvgIpc) is 3.10. The first-order chi connectivity index (χ1) is 13.5. The van der Waals surface area contributed by atoms with E-state index in [4.69, 9.17) is 6.42 Å². The van der Waals surface area contributed by atoms with Crippen molar-refractivity contribution >= 4 is 5.97 Å². The van der Waals surface area contributed by atoms with Gasteiger partial charge in [0.05, 0.1) is 12.1 Å². The fourth-order valence-electron chi connectivity index (χ4n) is 3.02. The molecule has 0 saturated carbocycles. The molecule has 0 amide bonds. The maximum absolute atomic E-state index is 11.5. The summed E-state index contributed by atoms with van der Waals surface area (Å²) in [4.78, 5) is 16.1. The van der Waals surface area contributed by atoms with E-state index < -0.39 is 5.97 Å². The lowest BCUT2D eigenvalue weighted by atomic mass is 9.99. The molecule has 2 aromatic carbocycles. The zero-order chi connectivity index (χ0) is 20.1. The lowest BCUT2D eigenvalue weighted by Gasteiger charge is -2.09. The summed E-state index contributed by atoms with van der Waals surface area (Å²) < 4.78 is 1.91. The molecular weight excluding hydrogens is 350 g/mol. The summed E-state index contributed by atoms with van der Waals surface area (Å²) in [6.45, 7) is 4.74. The Hall–Kier alpha value is -3.39. The van der Waals surface area contributed by atoms with Crippen molar-refractivity contribution in [2.75, 3.05) is 0 Å². The Kier molecular flexibility index (Phi) is 5.90. The molecular formula is C23H23N3O2. The van der Waals surface area contributed by atoms with Crippen LogP contribution in [0.2, 0.25) is 0 Å². The van der Waals surface area contributed by atoms with Gasteiger partial charge in [-0.25, -0.2) is 14.5 Å². The van der Waals surface area contributed by atoms with Gasteiger partial charge in [0.15, 0.2) is 5.82 Å². The number of hydrogen-bond acceptors (Lipinski definition) is 3. The molecule has 0 unspecified atom stereocenters. The van der Waals surface area contributed by atoms with Crippen LogP contribution >= 0.6 is 0 Å². The molecule has 28 heavy (non-hydrogen) atoms. The Bertz CT molecular complexity index is 1010. The van der Waals surface area contributed by atoms with Crippen LogP contribution in [0.5, 0.6) is 0 Å². The molecule has 0 spiro atoms. The molecule has 3 aromatic rings. The molecule has 0 aliphatic carbocycles. The Morgan fingerprint density at radius 2 is 1.89 bits per heavy atom. The van der Waals surface area contributed by atoms with Gasteiger partial charge in [0.2, 0.25) is 0 Å². The second kappa shape index (κ2) is 8.53. The molecule has 142 valence electrons. The molecule has 0 radical (unpaired) electrons. The van der Waals surface area contributed by atoms with Crippen molar-refractivity contribution in [3.05, 3.63) is 71.3 Å². The normalized spacial score (nSPS) is 10.8. The number of aromatic nitrogens is 3. The first-order valence-corrected chi connectivity index (χ1v) is 9.28. The third-order valence-corrected chi connectivity index (χ3v) is 4.53. The molecule has 1 heterocycles. The molecule has 0 atom stereocenters. The first kappa shape index (κ1) is 19.4. The van der Waals surface area contributed by atoms with E-state index in [9.17, 15) is 9.90 Å². The van der Waals surface area contributed by atoms with Crippen LogP contribution in [0.3, 0.4) is 0 Å². The van der Waals surface area contributed by atoms with Gasteiger partial charge >= 0.3 is 5.97 Å². The minimum absolute atomic E-state index is 0.251. The summed E-state index contributed by atoms with van der Waals surface area (Å²) in [5, 5.41) is 14.0. The SMILES string of the molecule is C#CCCc1nc(C(C)C)nn1Cc1ccc(-c2ccccc2C(=O)O)cc1. The fraction of sp³-hybridized carbons (Fsp3) is 0.261. The fourth-order valence-corrected chi connectivity index (χ4v) is 3.02. The molecule has 1 N–H and O–H groups in total. The predicted molar refractivity (Wildman–Crippen MR) is 109 cm³/mol. The first-order valence-electron chi connectivity index (χ1n) is 9.28. The van der Waals surface area contributed by atoms with Gasteiger partial charge in [-0.2, -0.15) is 5.10 Å². The summed E-state index contributed by atoms with van der Waals surface area (Å²) >= 11 is 0. The molecule has 3 rings (SSSR count). The highest BCUT2D eigenvalue weighted by Crippen LogP contribution is 2.24. The number of carboxylic acids is 1. The number of carbonyl (C=O) groups is 1. The maximum atomic E-state index is 11.5. The third kappa shape index (κ3) is 4.29. The van der Waals surface area contributed by atoms with Crippen LogP contribution in [0.4, 0.5) is 0 Å². The quantitative estimate of drug-likeness (QED) is 0.624. The number of nitrogens with zero attached hydrogens (tertiary/aromatic N) is 3. The van der Waals surface area contributed by atoms with Crippen LogP contribution in [-0.4, -0.2) is 25.8 Å². The van der Waals surface area contributed by atoms with Crippen LogP contribution in [0.1, 0.15) is 53.8 Å². The maximum Gasteiger partial charge on any atom is 0.336 e. The predicted octanol–water partition coefficient (Wildman–Crippen LogP) is 4.38. The lowest BCUT2D eigenvalue weighted by Crippen LogP contribution is -2.07. The van der Waals surface area contributed by atoms with Crippen molar-refractivity contribution in [3.8, 4) is 23.5 Å². The molecule has 5 nitrogen and oxygen atoms in total. The molecule has 1 aromatic heterocycles. The van der Waals surface area contributed by atoms with Crippen LogP contribution < -0.4 is 0 Å². The molecule has 0 aliphatic rings. The van der Waals surface area contributed by atoms with Crippen molar-refractivity contribution in [3.63, 3.8) is 0 Å². The Morgan fingerprint density at radius 1 is 1.18 bits per heavy atom. The minimum Gasteiger partial charge on any atom is -0.478 e. The summed E-state index contributed by atoms with van der Waals surface area (Å²) in [7, 11) is 0. The summed E-state index contributed by atoms with van der Waals surface area (Å²) in [6, 6.07) is 14.9. The summed E-state index contributed by atoms with van der Waals surface area (Å²) in [6.07, 6.45) is 6.72. The van der Waals surface area contributed by atoms with Gasteiger partial charge in [-0.1, -0.05) is 56.3 Å². The van der Waals surface area contributed by atoms with Crippen molar-refractivity contribution in [1.82, 2.24) is 14.8 Å². The monoisotopic (exact) mass is 373 g/mol. The van der Waals surface area contributed by atoms with Crippen molar-refractivity contribution in [2.45, 2.75) is 39.2 Å². The van der Waals surface area contributed by atoms with Gasteiger partial charge < -0.3 is 5.11 Å². The summed E-state index contributed by atoms with van der Waals surface area (Å²) in [5.74, 6) is 3.69. The van der Waals surface area contributed by atoms with E-state index in [0.717, 1.165) is 22.8 Å². The van der Waals surface area contributed by atoms with Crippen LogP contribution in [0.15, 0.2) is 48.5 Å². The van der Waals surface area contributed by atoms with Crippen LogP contribution in [0.25, 0.3) is 11.1 Å². The molecule has 5 heteroatoms. The van der Waals surface area contributed by atoms with E-state index in [-0.39, 0.29) is 5.92 Å². The van der Waals surface area contributed by atoms with Gasteiger partial charge in [-0.3, -0.25) is 0 Å². The number of carboxylic acid groups (broad SMARTS) is 1. The average molecular weight is 373 g/mol. The highest BCUT2D eigenvalue weighted by atomic mass is 16.4. The van der Waals surface area contributed by atoms with Gasteiger partial charge in [0.25, 0.3) is 0 Å². The Morgan fingerprint density at radius 3 is 2.54 bits per heavy atom. The molecule has 0 saturated heterocycles. The zero-order valence-electron chi connectivity index (χ0n) is 16.1. The van der Waals surface area contributed by atoms with Crippen molar-refractivity contribution in [1.29, 1.82) is 0 Å². The standard InChI is InChI=1S/C23H23N3O2/c1-4-5-10-21-24-22(16(2)3)25-26(21)15-17-11-13-18(14-12-17)19-8-6-7-9-20(19)23(27)28/h1,6-9,11-14,16H,5,10,15H2,2-3H3,(H,27,28). The summed E-state index contributed by atoms with van der Waals surface area (Å²) in [5.41, 5.74) is 2.94. The Balaban J connectivity index is 1.86. The number of rotatable bonds is 7. The largest absolute Gasteiger partial charge is 0.478 e. The number of terminal acetylenes is 1. The highest BCUT2D eigenvalue weighted by molar-refractivity contribution is 5.95. The Labute approximate surface area is 165 Å². The lowest BCUT2D eigenvalue weighted by molar-refractivity contribution is 0.0697. The molecule has 0 fully saturated rings. The van der Waals surface area contributed by atoms with E-state index in [1.165, 1.54) is 0 Å². The van der Waals surface area contributed by atoms with E-state index in [1.807, 2.05) is 41.1 Å². The zero-order valence-corrected chi connectivity index (χ0v) is 16.1. The van der Waals surface area contributed by atoms with Crippen molar-refractivity contribution < 1.29 is 9.90 Å². The second-order valence-corrected chi connectivity index (χ2v) is 6.95. The highest BCUT2D eigenvalue weighted by Gasteiger charge is 2.14. The second-order valence-electron chi connectivity index (χ2n) is 6.95. The van der Waals surface area contributed by atoms with E-state index in [2.05, 4.69) is 29.9 Å². The topological polar surface area (TPSA) is 68.0 Å². The molecule has 0 aliphatic heterocycles. The van der Waals surface area contributed by atoms with E-state index in [1.54, 1.807) is 12.1 Å². The number of aryl methyl sites for hydroxylation is 1. The van der Waals surface area contributed by atoms with Gasteiger partial charge in [0.1, 0.15) is 5.82 Å². The van der Waals surface area contributed by atoms with Gasteiger partial charge in [-0.15, -0.1) is 12.3 Å². The molecule has 0 bridgehead atoms.